The quantitative estimate of drug-likeness (QED) is 0.540. The van der Waals surface area contributed by atoms with E-state index in [1.165, 1.54) is 11.3 Å². The molecule has 29 heavy (non-hydrogen) atoms. The third-order valence-electron chi connectivity index (χ3n) is 5.32. The van der Waals surface area contributed by atoms with Crippen LogP contribution in [0.25, 0.3) is 26.4 Å². The Bertz CT molecular complexity index is 1210. The maximum absolute atomic E-state index is 14.5. The molecule has 0 bridgehead atoms. The topological polar surface area (TPSA) is 88.5 Å². The number of carboxylic acid groups (broad SMARTS) is 1. The first kappa shape index (κ1) is 18.0. The van der Waals surface area contributed by atoms with E-state index in [0.717, 1.165) is 42.6 Å². The number of piperidine rings is 1. The second kappa shape index (κ2) is 6.51. The molecular weight excluding hydrogens is 395 g/mol. The number of imidazole rings is 1. The van der Waals surface area contributed by atoms with Gasteiger partial charge in [-0.15, -0.1) is 11.3 Å². The Labute approximate surface area is 169 Å². The minimum Gasteiger partial charge on any atom is -0.465 e. The van der Waals surface area contributed by atoms with Crippen LogP contribution in [0, 0.1) is 13.8 Å². The highest BCUT2D eigenvalue weighted by Crippen LogP contribution is 2.34. The van der Waals surface area contributed by atoms with Crippen molar-refractivity contribution in [3.63, 3.8) is 0 Å². The molecule has 0 aliphatic carbocycles. The Morgan fingerprint density at radius 1 is 1.28 bits per heavy atom. The number of alkyl halides is 1. The van der Waals surface area contributed by atoms with Gasteiger partial charge < -0.3 is 10.0 Å². The zero-order valence-corrected chi connectivity index (χ0v) is 16.7. The molecule has 0 radical (unpaired) electrons. The zero-order chi connectivity index (χ0) is 20.3. The zero-order valence-electron chi connectivity index (χ0n) is 15.9. The molecule has 4 aromatic heterocycles. The molecule has 10 heteroatoms. The smallest absolute Gasteiger partial charge is 0.407 e. The highest BCUT2D eigenvalue weighted by Gasteiger charge is 2.33. The number of aryl methyl sites for hydroxylation is 2. The van der Waals surface area contributed by atoms with E-state index >= 15 is 0 Å². The summed E-state index contributed by atoms with van der Waals surface area (Å²) < 4.78 is 18.0. The first-order valence-corrected chi connectivity index (χ1v) is 10.2. The SMILES string of the molecule is Cc1cn2nc(-c3cc4cn(C5CCN(C(=O)O)CC5F)nc4s3)cc(C)c2n1. The number of aromatic nitrogens is 5. The molecule has 2 atom stereocenters. The fraction of sp³-hybridized carbons (Fsp3) is 0.368. The number of amides is 1. The first-order chi connectivity index (χ1) is 13.9. The lowest BCUT2D eigenvalue weighted by molar-refractivity contribution is 0.0757. The largest absolute Gasteiger partial charge is 0.465 e. The molecule has 0 saturated carbocycles. The first-order valence-electron chi connectivity index (χ1n) is 9.33. The molecule has 5 heterocycles. The molecule has 1 aliphatic rings. The van der Waals surface area contributed by atoms with Crippen LogP contribution >= 0.6 is 11.3 Å². The van der Waals surface area contributed by atoms with Gasteiger partial charge in [-0.1, -0.05) is 0 Å². The number of carbonyl (C=O) groups is 1. The van der Waals surface area contributed by atoms with E-state index in [2.05, 4.69) is 15.2 Å². The van der Waals surface area contributed by atoms with Gasteiger partial charge in [-0.2, -0.15) is 10.2 Å². The van der Waals surface area contributed by atoms with Crippen molar-refractivity contribution in [2.24, 2.45) is 0 Å². The van der Waals surface area contributed by atoms with E-state index in [0.29, 0.717) is 13.0 Å². The van der Waals surface area contributed by atoms with Crippen molar-refractivity contribution >= 4 is 33.3 Å². The van der Waals surface area contributed by atoms with Gasteiger partial charge in [0.1, 0.15) is 16.7 Å². The molecule has 1 amide bonds. The normalized spacial score (nSPS) is 20.0. The molecule has 150 valence electrons. The number of thiophene rings is 1. The molecule has 2 unspecified atom stereocenters. The van der Waals surface area contributed by atoms with E-state index < -0.39 is 18.3 Å². The summed E-state index contributed by atoms with van der Waals surface area (Å²) in [4.78, 5) is 18.4. The molecule has 1 N–H and O–H groups in total. The van der Waals surface area contributed by atoms with Crippen molar-refractivity contribution in [3.8, 4) is 10.6 Å². The highest BCUT2D eigenvalue weighted by molar-refractivity contribution is 7.21. The van der Waals surface area contributed by atoms with Crippen LogP contribution in [0.5, 0.6) is 0 Å². The number of hydrogen-bond acceptors (Lipinski definition) is 5. The lowest BCUT2D eigenvalue weighted by atomic mass is 10.0. The van der Waals surface area contributed by atoms with Crippen molar-refractivity contribution in [3.05, 3.63) is 35.8 Å². The molecule has 5 rings (SSSR count). The van der Waals surface area contributed by atoms with Gasteiger partial charge in [-0.05, 0) is 38.0 Å². The van der Waals surface area contributed by atoms with Crippen LogP contribution in [-0.2, 0) is 0 Å². The maximum Gasteiger partial charge on any atom is 0.407 e. The Morgan fingerprint density at radius 2 is 2.10 bits per heavy atom. The Balaban J connectivity index is 1.45. The number of likely N-dealkylation sites (tertiary alicyclic amines) is 1. The third-order valence-corrected chi connectivity index (χ3v) is 6.38. The fourth-order valence-corrected chi connectivity index (χ4v) is 4.83. The number of nitrogens with zero attached hydrogens (tertiary/aromatic N) is 6. The van der Waals surface area contributed by atoms with Gasteiger partial charge >= 0.3 is 6.09 Å². The highest BCUT2D eigenvalue weighted by atomic mass is 32.1. The summed E-state index contributed by atoms with van der Waals surface area (Å²) in [5, 5.41) is 19.2. The molecule has 1 fully saturated rings. The monoisotopic (exact) mass is 414 g/mol. The van der Waals surface area contributed by atoms with Crippen LogP contribution in [0.1, 0.15) is 23.7 Å². The standard InChI is InChI=1S/C19H19FN6O2S/c1-10-5-14(22-26-7-11(2)21-17(10)26)16-6-12-8-25(23-18(12)29-16)15-3-4-24(19(27)28)9-13(15)20/h5-8,13,15H,3-4,9H2,1-2H3,(H,27,28). The average molecular weight is 414 g/mol. The molecular formula is C19H19FN6O2S. The molecule has 1 saturated heterocycles. The summed E-state index contributed by atoms with van der Waals surface area (Å²) in [6, 6.07) is 3.58. The predicted octanol–water partition coefficient (Wildman–Crippen LogP) is 3.69. The summed E-state index contributed by atoms with van der Waals surface area (Å²) in [5.41, 5.74) is 3.66. The van der Waals surface area contributed by atoms with Gasteiger partial charge in [0.05, 0.1) is 29.4 Å². The summed E-state index contributed by atoms with van der Waals surface area (Å²) in [6.07, 6.45) is 1.80. The van der Waals surface area contributed by atoms with Crippen LogP contribution in [0.15, 0.2) is 24.5 Å². The lowest BCUT2D eigenvalue weighted by Gasteiger charge is -2.32. The van der Waals surface area contributed by atoms with Gasteiger partial charge in [0.25, 0.3) is 0 Å². The maximum atomic E-state index is 14.5. The van der Waals surface area contributed by atoms with Gasteiger partial charge in [0, 0.05) is 18.1 Å². The van der Waals surface area contributed by atoms with Gasteiger partial charge in [0.2, 0.25) is 0 Å². The van der Waals surface area contributed by atoms with Gasteiger partial charge in [-0.25, -0.2) is 18.7 Å². The van der Waals surface area contributed by atoms with E-state index in [1.54, 1.807) is 9.20 Å². The van der Waals surface area contributed by atoms with Gasteiger partial charge in [0.15, 0.2) is 5.65 Å². The molecule has 0 aromatic carbocycles. The van der Waals surface area contributed by atoms with Crippen LogP contribution in [0.3, 0.4) is 0 Å². The van der Waals surface area contributed by atoms with Crippen molar-refractivity contribution in [2.45, 2.75) is 32.5 Å². The lowest BCUT2D eigenvalue weighted by Crippen LogP contribution is -2.45. The summed E-state index contributed by atoms with van der Waals surface area (Å²) in [5.74, 6) is 0. The summed E-state index contributed by atoms with van der Waals surface area (Å²) >= 11 is 1.51. The third kappa shape index (κ3) is 3.03. The number of hydrogen-bond donors (Lipinski definition) is 1. The summed E-state index contributed by atoms with van der Waals surface area (Å²) in [7, 11) is 0. The van der Waals surface area contributed by atoms with E-state index in [-0.39, 0.29) is 6.54 Å². The number of rotatable bonds is 2. The van der Waals surface area contributed by atoms with Crippen molar-refractivity contribution in [2.75, 3.05) is 13.1 Å². The Morgan fingerprint density at radius 3 is 2.83 bits per heavy atom. The minimum atomic E-state index is -1.27. The second-order valence-electron chi connectivity index (χ2n) is 7.44. The molecule has 4 aromatic rings. The van der Waals surface area contributed by atoms with Crippen LogP contribution in [0.4, 0.5) is 9.18 Å². The molecule has 1 aliphatic heterocycles. The average Bonchev–Trinajstić information content (AvgIpc) is 3.33. The van der Waals surface area contributed by atoms with E-state index in [9.17, 15) is 9.18 Å². The van der Waals surface area contributed by atoms with Crippen LogP contribution < -0.4 is 0 Å². The molecule has 0 spiro atoms. The van der Waals surface area contributed by atoms with E-state index in [1.807, 2.05) is 38.4 Å². The van der Waals surface area contributed by atoms with Crippen molar-refractivity contribution in [1.29, 1.82) is 0 Å². The Kier molecular flexibility index (Phi) is 4.05. The van der Waals surface area contributed by atoms with E-state index in [4.69, 9.17) is 5.11 Å². The van der Waals surface area contributed by atoms with Crippen molar-refractivity contribution in [1.82, 2.24) is 29.3 Å². The summed E-state index contributed by atoms with van der Waals surface area (Å²) in [6.45, 7) is 4.14. The number of halogens is 1. The molecule has 8 nitrogen and oxygen atoms in total. The van der Waals surface area contributed by atoms with Gasteiger partial charge in [-0.3, -0.25) is 4.68 Å². The fourth-order valence-electron chi connectivity index (χ4n) is 3.87. The van der Waals surface area contributed by atoms with Crippen LogP contribution in [0.2, 0.25) is 0 Å². The number of fused-ring (bicyclic) bond motifs is 2. The second-order valence-corrected chi connectivity index (χ2v) is 8.47. The Hall–Kier alpha value is -3.01. The van der Waals surface area contributed by atoms with Crippen molar-refractivity contribution < 1.29 is 14.3 Å². The predicted molar refractivity (Wildman–Crippen MR) is 107 cm³/mol. The van der Waals surface area contributed by atoms with Crippen LogP contribution in [-0.4, -0.2) is 59.7 Å². The minimum absolute atomic E-state index is 0.119.